The van der Waals surface area contributed by atoms with Crippen molar-refractivity contribution in [2.45, 2.75) is 51.0 Å². The van der Waals surface area contributed by atoms with Crippen molar-refractivity contribution in [1.82, 2.24) is 14.7 Å². The summed E-state index contributed by atoms with van der Waals surface area (Å²) in [5.74, 6) is 0.247. The molecule has 162 valence electrons. The number of carbonyl (C=O) groups is 2. The smallest absolute Gasteiger partial charge is 0.239 e. The maximum absolute atomic E-state index is 12.7. The molecule has 0 spiro atoms. The number of benzene rings is 1. The topological polar surface area (TPSA) is 53.1 Å². The van der Waals surface area contributed by atoms with Crippen LogP contribution in [0.25, 0.3) is 0 Å². The minimum Gasteiger partial charge on any atom is -0.373 e. The van der Waals surface area contributed by atoms with Crippen molar-refractivity contribution in [2.24, 2.45) is 0 Å². The first kappa shape index (κ1) is 23.9. The Morgan fingerprint density at radius 2 is 1.76 bits per heavy atom. The van der Waals surface area contributed by atoms with Crippen molar-refractivity contribution >= 4 is 35.8 Å². The van der Waals surface area contributed by atoms with Gasteiger partial charge in [0.1, 0.15) is 0 Å². The second kappa shape index (κ2) is 10.6. The Labute approximate surface area is 184 Å². The SMILES string of the molecule is CC(=O)N1CCC(O[C@H]2C[C@@H](C(=O)N(C)C)N(Cc3ccc(Cl)cc3)C2)CC1.Cl. The summed E-state index contributed by atoms with van der Waals surface area (Å²) in [5.41, 5.74) is 1.14. The summed E-state index contributed by atoms with van der Waals surface area (Å²) in [7, 11) is 3.60. The standard InChI is InChI=1S/C21H30ClN3O3.ClH/c1-15(26)24-10-8-18(9-11-24)28-19-12-20(21(27)23(2)3)25(14-19)13-16-4-6-17(22)7-5-16;/h4-7,18-20H,8-14H2,1-3H3;1H/t19-,20-;/m0./s1. The van der Waals surface area contributed by atoms with E-state index in [-0.39, 0.29) is 42.5 Å². The van der Waals surface area contributed by atoms with E-state index in [0.717, 1.165) is 38.0 Å². The predicted molar refractivity (Wildman–Crippen MR) is 116 cm³/mol. The molecule has 1 aromatic rings. The Hall–Kier alpha value is -1.34. The Morgan fingerprint density at radius 3 is 2.31 bits per heavy atom. The number of nitrogens with zero attached hydrogens (tertiary/aromatic N) is 3. The van der Waals surface area contributed by atoms with E-state index in [1.165, 1.54) is 0 Å². The number of hydrogen-bond acceptors (Lipinski definition) is 4. The average Bonchev–Trinajstić information content (AvgIpc) is 3.05. The molecule has 0 aromatic heterocycles. The fraction of sp³-hybridized carbons (Fsp3) is 0.619. The zero-order valence-corrected chi connectivity index (χ0v) is 18.9. The van der Waals surface area contributed by atoms with E-state index >= 15 is 0 Å². The zero-order valence-electron chi connectivity index (χ0n) is 17.3. The molecule has 0 saturated carbocycles. The van der Waals surface area contributed by atoms with E-state index in [1.807, 2.05) is 29.2 Å². The number of piperidine rings is 1. The summed E-state index contributed by atoms with van der Waals surface area (Å²) < 4.78 is 6.36. The first-order valence-corrected chi connectivity index (χ1v) is 10.3. The second-order valence-electron chi connectivity index (χ2n) is 8.00. The van der Waals surface area contributed by atoms with Gasteiger partial charge < -0.3 is 14.5 Å². The third-order valence-corrected chi connectivity index (χ3v) is 5.91. The molecule has 2 atom stereocenters. The van der Waals surface area contributed by atoms with Crippen LogP contribution in [0.3, 0.4) is 0 Å². The molecular formula is C21H31Cl2N3O3. The van der Waals surface area contributed by atoms with Gasteiger partial charge in [-0.15, -0.1) is 12.4 Å². The van der Waals surface area contributed by atoms with Gasteiger partial charge in [0.05, 0.1) is 18.2 Å². The highest BCUT2D eigenvalue weighted by molar-refractivity contribution is 6.30. The molecule has 0 N–H and O–H groups in total. The molecule has 29 heavy (non-hydrogen) atoms. The van der Waals surface area contributed by atoms with Gasteiger partial charge >= 0.3 is 0 Å². The van der Waals surface area contributed by atoms with Gasteiger partial charge in [-0.2, -0.15) is 0 Å². The van der Waals surface area contributed by atoms with Gasteiger partial charge in [-0.05, 0) is 37.0 Å². The quantitative estimate of drug-likeness (QED) is 0.701. The van der Waals surface area contributed by atoms with Crippen LogP contribution in [0.1, 0.15) is 31.7 Å². The third kappa shape index (κ3) is 6.32. The number of carbonyl (C=O) groups excluding carboxylic acids is 2. The summed E-state index contributed by atoms with van der Waals surface area (Å²) >= 11 is 5.99. The molecule has 0 radical (unpaired) electrons. The lowest BCUT2D eigenvalue weighted by Crippen LogP contribution is -2.42. The molecule has 6 nitrogen and oxygen atoms in total. The molecule has 2 aliphatic rings. The van der Waals surface area contributed by atoms with E-state index in [1.54, 1.807) is 25.9 Å². The van der Waals surface area contributed by atoms with E-state index < -0.39 is 0 Å². The molecule has 0 bridgehead atoms. The van der Waals surface area contributed by atoms with E-state index in [0.29, 0.717) is 18.0 Å². The molecule has 2 amide bonds. The van der Waals surface area contributed by atoms with Crippen molar-refractivity contribution in [1.29, 1.82) is 0 Å². The monoisotopic (exact) mass is 443 g/mol. The number of likely N-dealkylation sites (tertiary alicyclic amines) is 2. The first-order valence-electron chi connectivity index (χ1n) is 9.94. The molecule has 3 rings (SSSR count). The van der Waals surface area contributed by atoms with Gasteiger partial charge in [-0.25, -0.2) is 0 Å². The van der Waals surface area contributed by atoms with Gasteiger partial charge in [-0.1, -0.05) is 23.7 Å². The number of likely N-dealkylation sites (N-methyl/N-ethyl adjacent to an activating group) is 1. The second-order valence-corrected chi connectivity index (χ2v) is 8.44. The fourth-order valence-electron chi connectivity index (χ4n) is 4.09. The molecule has 2 aliphatic heterocycles. The van der Waals surface area contributed by atoms with Crippen molar-refractivity contribution < 1.29 is 14.3 Å². The van der Waals surface area contributed by atoms with Crippen LogP contribution in [0.4, 0.5) is 0 Å². The van der Waals surface area contributed by atoms with Crippen LogP contribution in [0.15, 0.2) is 24.3 Å². The van der Waals surface area contributed by atoms with E-state index in [2.05, 4.69) is 4.90 Å². The van der Waals surface area contributed by atoms with Crippen LogP contribution in [0.2, 0.25) is 5.02 Å². The summed E-state index contributed by atoms with van der Waals surface area (Å²) in [6.07, 6.45) is 2.62. The first-order chi connectivity index (χ1) is 13.3. The molecule has 2 saturated heterocycles. The fourth-order valence-corrected chi connectivity index (χ4v) is 4.22. The Kier molecular flexibility index (Phi) is 8.76. The zero-order chi connectivity index (χ0) is 20.3. The Morgan fingerprint density at radius 1 is 1.14 bits per heavy atom. The highest BCUT2D eigenvalue weighted by atomic mass is 35.5. The summed E-state index contributed by atoms with van der Waals surface area (Å²) in [6, 6.07) is 7.60. The Balaban J connectivity index is 0.00000300. The minimum atomic E-state index is -0.173. The molecule has 1 aromatic carbocycles. The summed E-state index contributed by atoms with van der Waals surface area (Å²) in [6.45, 7) is 4.55. The summed E-state index contributed by atoms with van der Waals surface area (Å²) in [4.78, 5) is 30.0. The highest BCUT2D eigenvalue weighted by Crippen LogP contribution is 2.27. The number of amides is 2. The van der Waals surface area contributed by atoms with Crippen LogP contribution in [0, 0.1) is 0 Å². The van der Waals surface area contributed by atoms with Crippen molar-refractivity contribution in [3.63, 3.8) is 0 Å². The van der Waals surface area contributed by atoms with Crippen LogP contribution >= 0.6 is 24.0 Å². The van der Waals surface area contributed by atoms with Crippen LogP contribution < -0.4 is 0 Å². The van der Waals surface area contributed by atoms with Crippen molar-refractivity contribution in [2.75, 3.05) is 33.7 Å². The molecular weight excluding hydrogens is 413 g/mol. The maximum atomic E-state index is 12.7. The van der Waals surface area contributed by atoms with E-state index in [9.17, 15) is 9.59 Å². The molecule has 8 heteroatoms. The van der Waals surface area contributed by atoms with Gasteiger partial charge in [0.2, 0.25) is 11.8 Å². The van der Waals surface area contributed by atoms with Crippen molar-refractivity contribution in [3.05, 3.63) is 34.9 Å². The predicted octanol–water partition coefficient (Wildman–Crippen LogP) is 2.82. The van der Waals surface area contributed by atoms with Gasteiger partial charge in [0.15, 0.2) is 0 Å². The molecule has 0 aliphatic carbocycles. The minimum absolute atomic E-state index is 0. The number of ether oxygens (including phenoxy) is 1. The van der Waals surface area contributed by atoms with E-state index in [4.69, 9.17) is 16.3 Å². The van der Waals surface area contributed by atoms with Gasteiger partial charge in [-0.3, -0.25) is 14.5 Å². The molecule has 0 unspecified atom stereocenters. The number of rotatable bonds is 5. The largest absolute Gasteiger partial charge is 0.373 e. The number of hydrogen-bond donors (Lipinski definition) is 0. The summed E-state index contributed by atoms with van der Waals surface area (Å²) in [5, 5.41) is 0.712. The van der Waals surface area contributed by atoms with Gasteiger partial charge in [0.25, 0.3) is 0 Å². The van der Waals surface area contributed by atoms with Crippen LogP contribution in [-0.4, -0.2) is 78.5 Å². The number of halogens is 2. The molecule has 2 heterocycles. The lowest BCUT2D eigenvalue weighted by Gasteiger charge is -2.32. The lowest BCUT2D eigenvalue weighted by atomic mass is 10.1. The van der Waals surface area contributed by atoms with Crippen LogP contribution in [0.5, 0.6) is 0 Å². The molecule has 2 fully saturated rings. The normalized spacial score (nSPS) is 23.0. The third-order valence-electron chi connectivity index (χ3n) is 5.66. The van der Waals surface area contributed by atoms with Crippen molar-refractivity contribution in [3.8, 4) is 0 Å². The average molecular weight is 444 g/mol. The highest BCUT2D eigenvalue weighted by Gasteiger charge is 2.39. The lowest BCUT2D eigenvalue weighted by molar-refractivity contribution is -0.134. The van der Waals surface area contributed by atoms with Gasteiger partial charge in [0, 0.05) is 52.2 Å². The Bertz CT molecular complexity index is 691. The van der Waals surface area contributed by atoms with Crippen LogP contribution in [-0.2, 0) is 20.9 Å². The maximum Gasteiger partial charge on any atom is 0.239 e.